The van der Waals surface area contributed by atoms with Crippen LogP contribution in [-0.4, -0.2) is 63.3 Å². The minimum absolute atomic E-state index is 0.0491. The summed E-state index contributed by atoms with van der Waals surface area (Å²) >= 11 is 5.81. The lowest BCUT2D eigenvalue weighted by Crippen LogP contribution is -2.47. The molecular formula is C28H26ClF2N7O2. The molecule has 1 atom stereocenters. The molecule has 2 fully saturated rings. The van der Waals surface area contributed by atoms with Gasteiger partial charge < -0.3 is 18.9 Å². The van der Waals surface area contributed by atoms with E-state index < -0.39 is 11.6 Å². The fourth-order valence-corrected chi connectivity index (χ4v) is 5.05. The van der Waals surface area contributed by atoms with Gasteiger partial charge in [-0.1, -0.05) is 17.7 Å². The van der Waals surface area contributed by atoms with E-state index in [0.717, 1.165) is 24.5 Å². The van der Waals surface area contributed by atoms with Gasteiger partial charge in [0.25, 0.3) is 0 Å². The summed E-state index contributed by atoms with van der Waals surface area (Å²) in [6, 6.07) is 11.0. The van der Waals surface area contributed by atoms with Crippen molar-refractivity contribution in [1.82, 2.24) is 24.4 Å². The molecule has 12 heteroatoms. The van der Waals surface area contributed by atoms with E-state index in [1.165, 1.54) is 18.2 Å². The van der Waals surface area contributed by atoms with Crippen LogP contribution >= 0.6 is 11.6 Å². The van der Waals surface area contributed by atoms with Gasteiger partial charge in [-0.15, -0.1) is 0 Å². The standard InChI is InChI=1S/C28H26ClF2N7O2/c29-20-2-1-19(23(31)12-20)17-40-26-4-3-22(30)27(35-26)37-8-6-36(7-9-37)16-25-34-24-11-18(13-32)14-33-28(24)38(25)15-21-5-10-39-21/h1-4,11-12,14,21H,5-10,15-17H2/t21-/m0/s1. The molecular weight excluding hydrogens is 540 g/mol. The molecule has 6 rings (SSSR count). The van der Waals surface area contributed by atoms with E-state index in [2.05, 4.69) is 25.5 Å². The molecule has 2 saturated heterocycles. The number of aromatic nitrogens is 4. The molecule has 1 aromatic carbocycles. The normalized spacial score (nSPS) is 17.6. The Balaban J connectivity index is 1.12. The second kappa shape index (κ2) is 11.3. The summed E-state index contributed by atoms with van der Waals surface area (Å²) < 4.78 is 42.3. The van der Waals surface area contributed by atoms with Crippen LogP contribution in [0, 0.1) is 23.0 Å². The lowest BCUT2D eigenvalue weighted by molar-refractivity contribution is -0.0592. The van der Waals surface area contributed by atoms with Gasteiger partial charge in [-0.2, -0.15) is 10.2 Å². The predicted molar refractivity (Wildman–Crippen MR) is 144 cm³/mol. The first-order chi connectivity index (χ1) is 19.5. The Bertz CT molecular complexity index is 1580. The maximum Gasteiger partial charge on any atom is 0.215 e. The van der Waals surface area contributed by atoms with Gasteiger partial charge in [0.2, 0.25) is 5.88 Å². The van der Waals surface area contributed by atoms with Gasteiger partial charge in [0.15, 0.2) is 17.3 Å². The predicted octanol–water partition coefficient (Wildman–Crippen LogP) is 4.32. The molecule has 5 heterocycles. The fourth-order valence-electron chi connectivity index (χ4n) is 4.89. The Morgan fingerprint density at radius 2 is 1.90 bits per heavy atom. The zero-order valence-electron chi connectivity index (χ0n) is 21.6. The Hall–Kier alpha value is -3.85. The third-order valence-corrected chi connectivity index (χ3v) is 7.44. The molecule has 0 amide bonds. The summed E-state index contributed by atoms with van der Waals surface area (Å²) in [5, 5.41) is 9.57. The molecule has 0 saturated carbocycles. The van der Waals surface area contributed by atoms with Crippen molar-refractivity contribution in [2.75, 3.05) is 37.7 Å². The number of nitriles is 1. The highest BCUT2D eigenvalue weighted by Gasteiger charge is 2.26. The number of rotatable bonds is 8. The van der Waals surface area contributed by atoms with E-state index in [4.69, 9.17) is 26.1 Å². The van der Waals surface area contributed by atoms with E-state index in [9.17, 15) is 14.0 Å². The maximum absolute atomic E-state index is 14.8. The van der Waals surface area contributed by atoms with Crippen LogP contribution in [0.15, 0.2) is 42.6 Å². The monoisotopic (exact) mass is 565 g/mol. The summed E-state index contributed by atoms with van der Waals surface area (Å²) in [6.07, 6.45) is 2.69. The third-order valence-electron chi connectivity index (χ3n) is 7.20. The lowest BCUT2D eigenvalue weighted by atomic mass is 10.2. The van der Waals surface area contributed by atoms with Gasteiger partial charge in [-0.05, 0) is 30.7 Å². The summed E-state index contributed by atoms with van der Waals surface area (Å²) in [5.41, 5.74) is 2.23. The number of hydrogen-bond acceptors (Lipinski definition) is 8. The first kappa shape index (κ1) is 26.4. The highest BCUT2D eigenvalue weighted by atomic mass is 35.5. The molecule has 0 aliphatic carbocycles. The first-order valence-electron chi connectivity index (χ1n) is 13.0. The van der Waals surface area contributed by atoms with Crippen LogP contribution in [0.25, 0.3) is 11.2 Å². The van der Waals surface area contributed by atoms with Crippen LogP contribution in [-0.2, 0) is 24.4 Å². The summed E-state index contributed by atoms with van der Waals surface area (Å²) in [6.45, 7) is 4.41. The van der Waals surface area contributed by atoms with Gasteiger partial charge in [-0.3, -0.25) is 4.90 Å². The SMILES string of the molecule is N#Cc1cnc2c(c1)nc(CN1CCN(c3nc(OCc4ccc(Cl)cc4F)ccc3F)CC1)n2C[C@@H]1CCO1. The number of nitrogens with zero attached hydrogens (tertiary/aromatic N) is 7. The summed E-state index contributed by atoms with van der Waals surface area (Å²) in [5.74, 6) is 0.359. The van der Waals surface area contributed by atoms with E-state index in [-0.39, 0.29) is 24.4 Å². The average molecular weight is 566 g/mol. The Morgan fingerprint density at radius 1 is 1.07 bits per heavy atom. The molecule has 206 valence electrons. The molecule has 0 N–H and O–H groups in total. The van der Waals surface area contributed by atoms with Crippen molar-refractivity contribution >= 4 is 28.6 Å². The molecule has 3 aromatic heterocycles. The van der Waals surface area contributed by atoms with Crippen LogP contribution in [0.5, 0.6) is 5.88 Å². The Kier molecular flexibility index (Phi) is 7.47. The van der Waals surface area contributed by atoms with Crippen molar-refractivity contribution in [3.8, 4) is 11.9 Å². The number of imidazole rings is 1. The van der Waals surface area contributed by atoms with Crippen molar-refractivity contribution in [2.45, 2.75) is 32.2 Å². The number of hydrogen-bond donors (Lipinski definition) is 0. The number of anilines is 1. The zero-order valence-corrected chi connectivity index (χ0v) is 22.3. The van der Waals surface area contributed by atoms with Gasteiger partial charge in [0.1, 0.15) is 29.8 Å². The van der Waals surface area contributed by atoms with Crippen LogP contribution in [0.3, 0.4) is 0 Å². The van der Waals surface area contributed by atoms with Crippen molar-refractivity contribution in [1.29, 1.82) is 5.26 Å². The number of pyridine rings is 2. The Morgan fingerprint density at radius 3 is 2.62 bits per heavy atom. The van der Waals surface area contributed by atoms with Gasteiger partial charge in [0, 0.05) is 55.6 Å². The van der Waals surface area contributed by atoms with E-state index in [0.29, 0.717) is 60.9 Å². The number of benzene rings is 1. The minimum atomic E-state index is -0.471. The molecule has 0 spiro atoms. The highest BCUT2D eigenvalue weighted by molar-refractivity contribution is 6.30. The molecule has 0 bridgehead atoms. The molecule has 40 heavy (non-hydrogen) atoms. The largest absolute Gasteiger partial charge is 0.473 e. The number of piperazine rings is 1. The Labute approximate surface area is 234 Å². The molecule has 0 radical (unpaired) electrons. The minimum Gasteiger partial charge on any atom is -0.473 e. The topological polar surface area (TPSA) is 92.3 Å². The first-order valence-corrected chi connectivity index (χ1v) is 13.4. The third kappa shape index (κ3) is 5.56. The average Bonchev–Trinajstić information content (AvgIpc) is 3.27. The second-order valence-electron chi connectivity index (χ2n) is 9.84. The maximum atomic E-state index is 14.8. The smallest absolute Gasteiger partial charge is 0.215 e. The van der Waals surface area contributed by atoms with E-state index >= 15 is 0 Å². The van der Waals surface area contributed by atoms with Crippen LogP contribution in [0.2, 0.25) is 5.02 Å². The van der Waals surface area contributed by atoms with E-state index in [1.807, 2.05) is 4.90 Å². The summed E-state index contributed by atoms with van der Waals surface area (Å²) in [4.78, 5) is 17.8. The highest BCUT2D eigenvalue weighted by Crippen LogP contribution is 2.25. The van der Waals surface area contributed by atoms with Crippen molar-refractivity contribution in [2.24, 2.45) is 0 Å². The van der Waals surface area contributed by atoms with Crippen LogP contribution in [0.4, 0.5) is 14.6 Å². The van der Waals surface area contributed by atoms with Crippen LogP contribution in [0.1, 0.15) is 23.4 Å². The van der Waals surface area contributed by atoms with Gasteiger partial charge in [0.05, 0.1) is 24.8 Å². The quantitative estimate of drug-likeness (QED) is 0.312. The van der Waals surface area contributed by atoms with Crippen molar-refractivity contribution < 1.29 is 18.3 Å². The van der Waals surface area contributed by atoms with Crippen molar-refractivity contribution in [3.63, 3.8) is 0 Å². The second-order valence-corrected chi connectivity index (χ2v) is 10.3. The lowest BCUT2D eigenvalue weighted by Gasteiger charge is -2.35. The molecule has 9 nitrogen and oxygen atoms in total. The summed E-state index contributed by atoms with van der Waals surface area (Å²) in [7, 11) is 0. The van der Waals surface area contributed by atoms with Crippen LogP contribution < -0.4 is 9.64 Å². The number of ether oxygens (including phenoxy) is 2. The fraction of sp³-hybridized carbons (Fsp3) is 0.357. The molecule has 0 unspecified atom stereocenters. The molecule has 2 aliphatic heterocycles. The number of fused-ring (bicyclic) bond motifs is 1. The zero-order chi connectivity index (χ0) is 27.6. The van der Waals surface area contributed by atoms with Gasteiger partial charge >= 0.3 is 0 Å². The molecule has 2 aliphatic rings. The van der Waals surface area contributed by atoms with Gasteiger partial charge in [-0.25, -0.2) is 18.7 Å². The van der Waals surface area contributed by atoms with E-state index in [1.54, 1.807) is 24.4 Å². The molecule has 4 aromatic rings. The number of halogens is 3. The van der Waals surface area contributed by atoms with Crippen molar-refractivity contribution in [3.05, 3.63) is 76.2 Å².